The van der Waals surface area contributed by atoms with E-state index in [1.54, 1.807) is 30.3 Å². The Morgan fingerprint density at radius 2 is 1.65 bits per heavy atom. The molecule has 0 aliphatic carbocycles. The van der Waals surface area contributed by atoms with Gasteiger partial charge in [0, 0.05) is 11.6 Å². The van der Waals surface area contributed by atoms with Gasteiger partial charge in [0.1, 0.15) is 11.5 Å². The van der Waals surface area contributed by atoms with Crippen molar-refractivity contribution in [3.05, 3.63) is 77.6 Å². The molecule has 0 saturated carbocycles. The molecule has 1 heterocycles. The molecule has 0 spiro atoms. The smallest absolute Gasteiger partial charge is 0.336 e. The minimum absolute atomic E-state index is 0.203. The summed E-state index contributed by atoms with van der Waals surface area (Å²) in [7, 11) is 0. The van der Waals surface area contributed by atoms with Crippen LogP contribution in [0.15, 0.2) is 66.4 Å². The Bertz CT molecular complexity index is 695. The summed E-state index contributed by atoms with van der Waals surface area (Å²) in [5.74, 6) is 0.357. The average Bonchev–Trinajstić information content (AvgIpc) is 2.83. The molecule has 3 rings (SSSR count). The van der Waals surface area contributed by atoms with Gasteiger partial charge in [-0.1, -0.05) is 42.5 Å². The predicted molar refractivity (Wildman–Crippen MR) is 76.6 cm³/mol. The Balaban J connectivity index is 1.99. The zero-order valence-electron chi connectivity index (χ0n) is 10.6. The van der Waals surface area contributed by atoms with Gasteiger partial charge in [-0.15, -0.1) is 0 Å². The second-order valence-corrected chi connectivity index (χ2v) is 4.45. The number of hydrogen-bond acceptors (Lipinski definition) is 3. The number of carbonyl (C=O) groups excluding carboxylic acids is 1. The van der Waals surface area contributed by atoms with Gasteiger partial charge in [-0.2, -0.15) is 0 Å². The molecule has 0 unspecified atom stereocenters. The molecule has 0 bridgehead atoms. The van der Waals surface area contributed by atoms with E-state index in [0.29, 0.717) is 5.76 Å². The van der Waals surface area contributed by atoms with Crippen molar-refractivity contribution in [1.29, 1.82) is 0 Å². The number of carbonyl (C=O) groups is 1. The molecule has 98 valence electrons. The summed E-state index contributed by atoms with van der Waals surface area (Å²) >= 11 is 0. The summed E-state index contributed by atoms with van der Waals surface area (Å²) in [5.41, 5.74) is 2.56. The fourth-order valence-electron chi connectivity index (χ4n) is 2.05. The zero-order valence-corrected chi connectivity index (χ0v) is 10.6. The van der Waals surface area contributed by atoms with Crippen molar-refractivity contribution in [2.45, 2.75) is 0 Å². The van der Waals surface area contributed by atoms with Gasteiger partial charge < -0.3 is 9.84 Å². The highest BCUT2D eigenvalue weighted by molar-refractivity contribution is 6.03. The fourth-order valence-corrected chi connectivity index (χ4v) is 2.05. The number of esters is 1. The lowest BCUT2D eigenvalue weighted by atomic mass is 10.0. The molecule has 0 fully saturated rings. The second kappa shape index (κ2) is 5.05. The average molecular weight is 264 g/mol. The number of cyclic esters (lactones) is 1. The Morgan fingerprint density at radius 1 is 0.950 bits per heavy atom. The summed E-state index contributed by atoms with van der Waals surface area (Å²) in [5, 5.41) is 9.27. The number of benzene rings is 2. The highest BCUT2D eigenvalue weighted by atomic mass is 16.5. The molecule has 1 aliphatic heterocycles. The first kappa shape index (κ1) is 12.2. The van der Waals surface area contributed by atoms with E-state index in [9.17, 15) is 9.90 Å². The van der Waals surface area contributed by atoms with Gasteiger partial charge in [-0.05, 0) is 29.3 Å². The molecule has 2 aromatic rings. The Labute approximate surface area is 116 Å². The van der Waals surface area contributed by atoms with Crippen LogP contribution in [0.2, 0.25) is 0 Å². The van der Waals surface area contributed by atoms with Crippen LogP contribution < -0.4 is 0 Å². The maximum Gasteiger partial charge on any atom is 0.336 e. The first-order valence-electron chi connectivity index (χ1n) is 6.22. The summed E-state index contributed by atoms with van der Waals surface area (Å²) in [6.07, 6.45) is 3.27. The van der Waals surface area contributed by atoms with E-state index in [0.717, 1.165) is 16.7 Å². The first-order chi connectivity index (χ1) is 9.72. The molecule has 0 atom stereocenters. The lowest BCUT2D eigenvalue weighted by Crippen LogP contribution is -1.91. The normalized spacial score (nSPS) is 16.1. The third-order valence-electron chi connectivity index (χ3n) is 3.01. The highest BCUT2D eigenvalue weighted by Gasteiger charge is 2.21. The van der Waals surface area contributed by atoms with Crippen molar-refractivity contribution in [1.82, 2.24) is 0 Å². The SMILES string of the molecule is O=C1C=C(c2ccccc2)C(=Cc2ccc(O)cc2)O1. The first-order valence-corrected chi connectivity index (χ1v) is 6.22. The lowest BCUT2D eigenvalue weighted by molar-refractivity contribution is -0.132. The molecule has 3 nitrogen and oxygen atoms in total. The van der Waals surface area contributed by atoms with E-state index in [1.807, 2.05) is 30.3 Å². The van der Waals surface area contributed by atoms with Gasteiger partial charge >= 0.3 is 5.97 Å². The number of rotatable bonds is 2. The van der Waals surface area contributed by atoms with Crippen LogP contribution >= 0.6 is 0 Å². The van der Waals surface area contributed by atoms with Crippen molar-refractivity contribution in [2.24, 2.45) is 0 Å². The maximum absolute atomic E-state index is 11.5. The third kappa shape index (κ3) is 2.47. The van der Waals surface area contributed by atoms with Crippen molar-refractivity contribution in [3.8, 4) is 5.75 Å². The van der Waals surface area contributed by atoms with Gasteiger partial charge in [0.2, 0.25) is 0 Å². The van der Waals surface area contributed by atoms with Crippen LogP contribution in [0.4, 0.5) is 0 Å². The van der Waals surface area contributed by atoms with Crippen LogP contribution in [-0.4, -0.2) is 11.1 Å². The van der Waals surface area contributed by atoms with Crippen LogP contribution in [0.5, 0.6) is 5.75 Å². The quantitative estimate of drug-likeness (QED) is 0.846. The molecule has 20 heavy (non-hydrogen) atoms. The Kier molecular flexibility index (Phi) is 3.09. The molecule has 1 N–H and O–H groups in total. The number of aromatic hydroxyl groups is 1. The summed E-state index contributed by atoms with van der Waals surface area (Å²) in [4.78, 5) is 11.5. The number of phenols is 1. The van der Waals surface area contributed by atoms with E-state index < -0.39 is 0 Å². The van der Waals surface area contributed by atoms with Crippen molar-refractivity contribution >= 4 is 17.6 Å². The van der Waals surface area contributed by atoms with Crippen LogP contribution in [0.1, 0.15) is 11.1 Å². The zero-order chi connectivity index (χ0) is 13.9. The van der Waals surface area contributed by atoms with Crippen LogP contribution in [0, 0.1) is 0 Å². The fraction of sp³-hybridized carbons (Fsp3) is 0. The molecule has 0 aromatic heterocycles. The second-order valence-electron chi connectivity index (χ2n) is 4.45. The number of ether oxygens (including phenoxy) is 1. The number of allylic oxidation sites excluding steroid dienone is 1. The van der Waals surface area contributed by atoms with Gasteiger partial charge in [-0.3, -0.25) is 0 Å². The van der Waals surface area contributed by atoms with Crippen molar-refractivity contribution in [3.63, 3.8) is 0 Å². The van der Waals surface area contributed by atoms with Crippen molar-refractivity contribution < 1.29 is 14.6 Å². The number of hydrogen-bond donors (Lipinski definition) is 1. The minimum Gasteiger partial charge on any atom is -0.508 e. The third-order valence-corrected chi connectivity index (χ3v) is 3.01. The van der Waals surface area contributed by atoms with Crippen LogP contribution in [0.3, 0.4) is 0 Å². The summed E-state index contributed by atoms with van der Waals surface area (Å²) in [6.45, 7) is 0. The lowest BCUT2D eigenvalue weighted by Gasteiger charge is -2.05. The predicted octanol–water partition coefficient (Wildman–Crippen LogP) is 3.37. The largest absolute Gasteiger partial charge is 0.508 e. The van der Waals surface area contributed by atoms with Crippen LogP contribution in [0.25, 0.3) is 11.6 Å². The molecular weight excluding hydrogens is 252 g/mol. The van der Waals surface area contributed by atoms with E-state index >= 15 is 0 Å². The molecule has 1 aliphatic rings. The Morgan fingerprint density at radius 3 is 2.35 bits per heavy atom. The molecule has 3 heteroatoms. The van der Waals surface area contributed by atoms with Crippen molar-refractivity contribution in [2.75, 3.05) is 0 Å². The molecule has 2 aromatic carbocycles. The topological polar surface area (TPSA) is 46.5 Å². The molecule has 0 saturated heterocycles. The van der Waals surface area contributed by atoms with E-state index in [2.05, 4.69) is 0 Å². The van der Waals surface area contributed by atoms with Gasteiger partial charge in [0.05, 0.1) is 0 Å². The standard InChI is InChI=1S/C17H12O3/c18-14-8-6-12(7-9-14)10-16-15(11-17(19)20-16)13-4-2-1-3-5-13/h1-11,18H. The summed E-state index contributed by atoms with van der Waals surface area (Å²) < 4.78 is 5.23. The van der Waals surface area contributed by atoms with Gasteiger partial charge in [0.25, 0.3) is 0 Å². The maximum atomic E-state index is 11.5. The number of phenolic OH excluding ortho intramolecular Hbond substituents is 1. The molecule has 0 radical (unpaired) electrons. The van der Waals surface area contributed by atoms with E-state index in [1.165, 1.54) is 6.08 Å². The molecular formula is C17H12O3. The van der Waals surface area contributed by atoms with E-state index in [-0.39, 0.29) is 11.7 Å². The molecule has 0 amide bonds. The Hall–Kier alpha value is -2.81. The van der Waals surface area contributed by atoms with E-state index in [4.69, 9.17) is 4.74 Å². The van der Waals surface area contributed by atoms with Crippen LogP contribution in [-0.2, 0) is 9.53 Å². The monoisotopic (exact) mass is 264 g/mol. The van der Waals surface area contributed by atoms with Gasteiger partial charge in [0.15, 0.2) is 0 Å². The van der Waals surface area contributed by atoms with Gasteiger partial charge in [-0.25, -0.2) is 4.79 Å². The summed E-state index contributed by atoms with van der Waals surface area (Å²) in [6, 6.07) is 16.3. The highest BCUT2D eigenvalue weighted by Crippen LogP contribution is 2.31. The minimum atomic E-state index is -0.367.